The van der Waals surface area contributed by atoms with Crippen LogP contribution in [-0.2, 0) is 26.0 Å². The number of hydrogen-bond acceptors (Lipinski definition) is 6. The van der Waals surface area contributed by atoms with E-state index in [1.807, 2.05) is 19.9 Å². The molecule has 2 aromatic carbocycles. The van der Waals surface area contributed by atoms with Gasteiger partial charge in [0.25, 0.3) is 0 Å². The molecule has 0 unspecified atom stereocenters. The summed E-state index contributed by atoms with van der Waals surface area (Å²) in [5.74, 6) is -0.00313. The van der Waals surface area contributed by atoms with Gasteiger partial charge in [0.2, 0.25) is 10.0 Å². The Morgan fingerprint density at radius 1 is 1.10 bits per heavy atom. The maximum atomic E-state index is 13.4. The van der Waals surface area contributed by atoms with E-state index in [9.17, 15) is 17.6 Å². The number of fused-ring (bicyclic) bond motifs is 1. The molecule has 9 heteroatoms. The Balaban J connectivity index is 2.10. The lowest BCUT2D eigenvalue weighted by Crippen LogP contribution is -2.41. The standard InChI is InChI=1S/C22H26FNO6S/c1-4-29-20-12-15-10-11-24(31(26,27)17-8-6-16(23)7-9-17)19(14-22(25)28-3)18(15)13-21(20)30-5-2/h6-9,12-13,19H,4-5,10-11,14H2,1-3H3/t19-/m0/s1. The summed E-state index contributed by atoms with van der Waals surface area (Å²) in [7, 11) is -2.72. The molecule has 0 aliphatic carbocycles. The van der Waals surface area contributed by atoms with Crippen LogP contribution in [0.1, 0.15) is 37.4 Å². The van der Waals surface area contributed by atoms with E-state index >= 15 is 0 Å². The van der Waals surface area contributed by atoms with Gasteiger partial charge in [-0.1, -0.05) is 0 Å². The Morgan fingerprint density at radius 3 is 2.29 bits per heavy atom. The van der Waals surface area contributed by atoms with Crippen LogP contribution in [0.5, 0.6) is 11.5 Å². The average molecular weight is 452 g/mol. The number of ether oxygens (including phenoxy) is 3. The molecular weight excluding hydrogens is 425 g/mol. The number of carbonyl (C=O) groups excluding carboxylic acids is 1. The number of carbonyl (C=O) groups is 1. The molecule has 0 bridgehead atoms. The van der Waals surface area contributed by atoms with Crippen LogP contribution in [0, 0.1) is 5.82 Å². The smallest absolute Gasteiger partial charge is 0.307 e. The largest absolute Gasteiger partial charge is 0.490 e. The molecule has 7 nitrogen and oxygen atoms in total. The SMILES string of the molecule is CCOc1cc2c(cc1OCC)[C@H](CC(=O)OC)N(S(=O)(=O)c1ccc(F)cc1)CC2. The highest BCUT2D eigenvalue weighted by Gasteiger charge is 2.38. The number of methoxy groups -OCH3 is 1. The lowest BCUT2D eigenvalue weighted by molar-refractivity contribution is -0.141. The molecule has 0 amide bonds. The predicted molar refractivity (Wildman–Crippen MR) is 112 cm³/mol. The number of esters is 1. The van der Waals surface area contributed by atoms with Crippen molar-refractivity contribution in [3.8, 4) is 11.5 Å². The van der Waals surface area contributed by atoms with Gasteiger partial charge in [-0.05, 0) is 67.8 Å². The summed E-state index contributed by atoms with van der Waals surface area (Å²) >= 11 is 0. The van der Waals surface area contributed by atoms with Crippen molar-refractivity contribution in [1.29, 1.82) is 0 Å². The molecule has 1 heterocycles. The van der Waals surface area contributed by atoms with Gasteiger partial charge in [0, 0.05) is 6.54 Å². The third kappa shape index (κ3) is 4.83. The molecule has 0 saturated carbocycles. The number of hydrogen-bond donors (Lipinski definition) is 0. The summed E-state index contributed by atoms with van der Waals surface area (Å²) in [4.78, 5) is 12.1. The number of nitrogens with zero attached hydrogens (tertiary/aromatic N) is 1. The minimum absolute atomic E-state index is 0.0387. The van der Waals surface area contributed by atoms with Gasteiger partial charge in [0.15, 0.2) is 11.5 Å². The van der Waals surface area contributed by atoms with Gasteiger partial charge in [0.05, 0.1) is 37.7 Å². The van der Waals surface area contributed by atoms with Gasteiger partial charge >= 0.3 is 5.97 Å². The van der Waals surface area contributed by atoms with Crippen molar-refractivity contribution < 1.29 is 31.8 Å². The van der Waals surface area contributed by atoms with E-state index in [-0.39, 0.29) is 17.9 Å². The molecule has 1 aliphatic rings. The normalized spacial score (nSPS) is 16.5. The van der Waals surface area contributed by atoms with Crippen LogP contribution in [0.25, 0.3) is 0 Å². The van der Waals surface area contributed by atoms with Gasteiger partial charge in [-0.25, -0.2) is 12.8 Å². The quantitative estimate of drug-likeness (QED) is 0.572. The van der Waals surface area contributed by atoms with Crippen molar-refractivity contribution in [3.05, 3.63) is 53.3 Å². The zero-order chi connectivity index (χ0) is 22.6. The van der Waals surface area contributed by atoms with Crippen LogP contribution in [0.3, 0.4) is 0 Å². The van der Waals surface area contributed by atoms with E-state index in [0.717, 1.165) is 17.7 Å². The summed E-state index contributed by atoms with van der Waals surface area (Å²) in [6.07, 6.45) is 0.267. The van der Waals surface area contributed by atoms with Crippen molar-refractivity contribution in [2.75, 3.05) is 26.9 Å². The van der Waals surface area contributed by atoms with Crippen LogP contribution in [0.2, 0.25) is 0 Å². The predicted octanol–water partition coefficient (Wildman–Crippen LogP) is 3.47. The van der Waals surface area contributed by atoms with Crippen LogP contribution >= 0.6 is 0 Å². The fourth-order valence-corrected chi connectivity index (χ4v) is 5.31. The number of halogens is 1. The van der Waals surface area contributed by atoms with E-state index in [0.29, 0.717) is 36.7 Å². The molecule has 31 heavy (non-hydrogen) atoms. The summed E-state index contributed by atoms with van der Waals surface area (Å²) in [5, 5.41) is 0. The molecular formula is C22H26FNO6S. The molecule has 1 aliphatic heterocycles. The van der Waals surface area contributed by atoms with Gasteiger partial charge in [-0.15, -0.1) is 0 Å². The maximum Gasteiger partial charge on any atom is 0.307 e. The first-order valence-electron chi connectivity index (χ1n) is 10.1. The highest BCUT2D eigenvalue weighted by molar-refractivity contribution is 7.89. The number of rotatable bonds is 8. The number of sulfonamides is 1. The second kappa shape index (κ2) is 9.65. The van der Waals surface area contributed by atoms with E-state index in [1.165, 1.54) is 23.5 Å². The van der Waals surface area contributed by atoms with Crippen molar-refractivity contribution >= 4 is 16.0 Å². The third-order valence-corrected chi connectivity index (χ3v) is 7.04. The van der Waals surface area contributed by atoms with Crippen molar-refractivity contribution in [2.24, 2.45) is 0 Å². The second-order valence-electron chi connectivity index (χ2n) is 6.98. The fraction of sp³-hybridized carbons (Fsp3) is 0.409. The lowest BCUT2D eigenvalue weighted by Gasteiger charge is -2.36. The minimum atomic E-state index is -3.98. The van der Waals surface area contributed by atoms with Gasteiger partial charge < -0.3 is 14.2 Å². The van der Waals surface area contributed by atoms with E-state index < -0.39 is 27.9 Å². The molecule has 168 valence electrons. The molecule has 0 radical (unpaired) electrons. The Kier molecular flexibility index (Phi) is 7.17. The Morgan fingerprint density at radius 2 is 1.71 bits per heavy atom. The molecule has 0 saturated heterocycles. The van der Waals surface area contributed by atoms with E-state index in [1.54, 1.807) is 6.07 Å². The average Bonchev–Trinajstić information content (AvgIpc) is 2.75. The molecule has 1 atom stereocenters. The van der Waals surface area contributed by atoms with E-state index in [2.05, 4.69) is 0 Å². The molecule has 0 fully saturated rings. The third-order valence-electron chi connectivity index (χ3n) is 5.12. The lowest BCUT2D eigenvalue weighted by atomic mass is 9.91. The minimum Gasteiger partial charge on any atom is -0.490 e. The molecule has 0 spiro atoms. The summed E-state index contributed by atoms with van der Waals surface area (Å²) in [6.45, 7) is 4.72. The molecule has 2 aromatic rings. The Hall–Kier alpha value is -2.65. The van der Waals surface area contributed by atoms with Gasteiger partial charge in [-0.3, -0.25) is 4.79 Å². The fourth-order valence-electron chi connectivity index (χ4n) is 3.71. The van der Waals surface area contributed by atoms with Crippen LogP contribution in [-0.4, -0.2) is 45.6 Å². The first-order valence-corrected chi connectivity index (χ1v) is 11.5. The first kappa shape index (κ1) is 23.0. The molecule has 0 aromatic heterocycles. The van der Waals surface area contributed by atoms with Crippen LogP contribution in [0.4, 0.5) is 4.39 Å². The highest BCUT2D eigenvalue weighted by atomic mass is 32.2. The Labute approximate surface area is 181 Å². The molecule has 3 rings (SSSR count). The monoisotopic (exact) mass is 451 g/mol. The van der Waals surface area contributed by atoms with Crippen molar-refractivity contribution in [1.82, 2.24) is 4.31 Å². The van der Waals surface area contributed by atoms with E-state index in [4.69, 9.17) is 14.2 Å². The maximum absolute atomic E-state index is 13.4. The van der Waals surface area contributed by atoms with Gasteiger partial charge in [0.1, 0.15) is 5.82 Å². The highest BCUT2D eigenvalue weighted by Crippen LogP contribution is 2.42. The van der Waals surface area contributed by atoms with Crippen molar-refractivity contribution in [3.63, 3.8) is 0 Å². The molecule has 0 N–H and O–H groups in total. The topological polar surface area (TPSA) is 82.1 Å². The van der Waals surface area contributed by atoms with Gasteiger partial charge in [-0.2, -0.15) is 4.31 Å². The zero-order valence-electron chi connectivity index (χ0n) is 17.8. The first-order chi connectivity index (χ1) is 14.8. The summed E-state index contributed by atoms with van der Waals surface area (Å²) < 4.78 is 57.5. The summed E-state index contributed by atoms with van der Waals surface area (Å²) in [5.41, 5.74) is 1.54. The van der Waals surface area contributed by atoms with Crippen LogP contribution in [0.15, 0.2) is 41.3 Å². The number of benzene rings is 2. The van der Waals surface area contributed by atoms with Crippen molar-refractivity contribution in [2.45, 2.75) is 37.6 Å². The summed E-state index contributed by atoms with van der Waals surface area (Å²) in [6, 6.07) is 7.43. The zero-order valence-corrected chi connectivity index (χ0v) is 18.6. The Bertz CT molecular complexity index is 1040. The second-order valence-corrected chi connectivity index (χ2v) is 8.87. The van der Waals surface area contributed by atoms with Crippen LogP contribution < -0.4 is 9.47 Å².